The molecule has 2 aliphatic heterocycles. The molecule has 4 unspecified atom stereocenters. The number of hydrogen-bond acceptors (Lipinski definition) is 5. The zero-order chi connectivity index (χ0) is 38.4. The fraction of sp³-hybridized carbons (Fsp3) is 0.468. The van der Waals surface area contributed by atoms with Crippen molar-refractivity contribution in [2.24, 2.45) is 0 Å². The second-order valence-corrected chi connectivity index (χ2v) is 16.6. The summed E-state index contributed by atoms with van der Waals surface area (Å²) in [4.78, 5) is 14.4. The SMILES string of the molecule is CC(C)(C)OC(=O)N1CCC(c2ccc(F)cc2)C(OCc2ccc3c(c2)CCC3)C1.Fc1ccc(C2CCNCC2OCc2ccc3c(c2)CCC3)cc1. The van der Waals surface area contributed by atoms with Gasteiger partial charge in [-0.3, -0.25) is 0 Å². The molecule has 292 valence electrons. The molecule has 1 N–H and O–H groups in total. The molecule has 4 aromatic carbocycles. The topological polar surface area (TPSA) is 60.0 Å². The number of amides is 1. The largest absolute Gasteiger partial charge is 0.444 e. The van der Waals surface area contributed by atoms with Gasteiger partial charge in [-0.05, 0) is 147 Å². The number of carbonyl (C=O) groups is 1. The number of rotatable bonds is 8. The molecule has 0 radical (unpaired) electrons. The van der Waals surface area contributed by atoms with E-state index in [0.29, 0.717) is 32.2 Å². The van der Waals surface area contributed by atoms with E-state index in [1.165, 1.54) is 71.2 Å². The predicted octanol–water partition coefficient (Wildman–Crippen LogP) is 9.60. The standard InChI is InChI=1S/C26H32FNO3.C21H24FNO/c1-26(2,3)31-25(29)28-14-13-23(20-9-11-22(27)12-10-20)24(16-28)30-17-18-7-8-19-5-4-6-21(19)15-18;22-19-8-6-17(7-9-19)20-10-11-23-13-21(20)24-14-15-4-5-16-2-1-3-18(16)12-15/h7-12,15,23-24H,4-6,13-14,16-17H2,1-3H3;4-9,12,20-21,23H,1-3,10-11,13-14H2. The van der Waals surface area contributed by atoms with Crippen molar-refractivity contribution in [1.82, 2.24) is 10.2 Å². The molecule has 2 saturated heterocycles. The monoisotopic (exact) mass is 750 g/mol. The molecule has 8 rings (SSSR count). The summed E-state index contributed by atoms with van der Waals surface area (Å²) in [7, 11) is 0. The van der Waals surface area contributed by atoms with E-state index in [2.05, 4.69) is 41.7 Å². The molecule has 2 heterocycles. The van der Waals surface area contributed by atoms with E-state index in [1.54, 1.807) is 17.0 Å². The molecule has 4 aromatic rings. The number of carbonyl (C=O) groups excluding carboxylic acids is 1. The predicted molar refractivity (Wildman–Crippen MR) is 212 cm³/mol. The van der Waals surface area contributed by atoms with Gasteiger partial charge in [0.15, 0.2) is 0 Å². The van der Waals surface area contributed by atoms with Crippen molar-refractivity contribution in [3.63, 3.8) is 0 Å². The molecule has 2 fully saturated rings. The number of fused-ring (bicyclic) bond motifs is 2. The van der Waals surface area contributed by atoms with Crippen LogP contribution in [0.2, 0.25) is 0 Å². The van der Waals surface area contributed by atoms with E-state index in [9.17, 15) is 13.6 Å². The van der Waals surface area contributed by atoms with Crippen molar-refractivity contribution in [1.29, 1.82) is 0 Å². The first kappa shape index (κ1) is 39.1. The smallest absolute Gasteiger partial charge is 0.410 e. The molecule has 1 amide bonds. The van der Waals surface area contributed by atoms with Gasteiger partial charge in [0.05, 0.1) is 32.0 Å². The van der Waals surface area contributed by atoms with E-state index in [-0.39, 0.29) is 35.9 Å². The molecular formula is C47H56F2N2O4. The molecular weight excluding hydrogens is 695 g/mol. The highest BCUT2D eigenvalue weighted by atomic mass is 19.1. The van der Waals surface area contributed by atoms with E-state index >= 15 is 0 Å². The van der Waals surface area contributed by atoms with Gasteiger partial charge in [0.2, 0.25) is 0 Å². The van der Waals surface area contributed by atoms with Crippen LogP contribution >= 0.6 is 0 Å². The molecule has 4 atom stereocenters. The molecule has 0 aromatic heterocycles. The van der Waals surface area contributed by atoms with E-state index in [1.807, 2.05) is 45.0 Å². The van der Waals surface area contributed by atoms with Crippen molar-refractivity contribution < 1.29 is 27.8 Å². The lowest BCUT2D eigenvalue weighted by Crippen LogP contribution is -2.48. The highest BCUT2D eigenvalue weighted by Gasteiger charge is 2.35. The Morgan fingerprint density at radius 2 is 1.20 bits per heavy atom. The lowest BCUT2D eigenvalue weighted by Gasteiger charge is -2.39. The van der Waals surface area contributed by atoms with Gasteiger partial charge in [-0.25, -0.2) is 13.6 Å². The van der Waals surface area contributed by atoms with Crippen molar-refractivity contribution in [3.05, 3.63) is 141 Å². The number of halogens is 2. The second-order valence-electron chi connectivity index (χ2n) is 16.6. The molecule has 0 saturated carbocycles. The fourth-order valence-electron chi connectivity index (χ4n) is 8.60. The van der Waals surface area contributed by atoms with Gasteiger partial charge in [-0.2, -0.15) is 0 Å². The molecule has 55 heavy (non-hydrogen) atoms. The third kappa shape index (κ3) is 10.4. The number of nitrogens with zero attached hydrogens (tertiary/aromatic N) is 1. The van der Waals surface area contributed by atoms with Crippen LogP contribution in [0.15, 0.2) is 84.9 Å². The van der Waals surface area contributed by atoms with Crippen LogP contribution in [-0.2, 0) is 53.1 Å². The minimum absolute atomic E-state index is 0.105. The lowest BCUT2D eigenvalue weighted by atomic mass is 9.87. The van der Waals surface area contributed by atoms with Gasteiger partial charge < -0.3 is 24.4 Å². The first-order valence-corrected chi connectivity index (χ1v) is 20.2. The Morgan fingerprint density at radius 3 is 1.75 bits per heavy atom. The summed E-state index contributed by atoms with van der Waals surface area (Å²) in [5.74, 6) is 0.0174. The van der Waals surface area contributed by atoms with Crippen LogP contribution in [0.4, 0.5) is 13.6 Å². The fourth-order valence-corrected chi connectivity index (χ4v) is 8.60. The average molecular weight is 751 g/mol. The number of piperidine rings is 2. The minimum Gasteiger partial charge on any atom is -0.444 e. The van der Waals surface area contributed by atoms with Crippen LogP contribution in [0.1, 0.15) is 103 Å². The first-order valence-electron chi connectivity index (χ1n) is 20.2. The Bertz CT molecular complexity index is 1890. The summed E-state index contributed by atoms with van der Waals surface area (Å²) in [6.07, 6.45) is 8.64. The van der Waals surface area contributed by atoms with Crippen molar-refractivity contribution in [3.8, 4) is 0 Å². The Kier molecular flexibility index (Phi) is 12.7. The Labute approximate surface area is 325 Å². The summed E-state index contributed by atoms with van der Waals surface area (Å²) in [6, 6.07) is 26.9. The number of likely N-dealkylation sites (tertiary alicyclic amines) is 1. The van der Waals surface area contributed by atoms with E-state index in [0.717, 1.165) is 49.9 Å². The molecule has 2 aliphatic carbocycles. The summed E-state index contributed by atoms with van der Waals surface area (Å²) in [5.41, 5.74) is 9.98. The average Bonchev–Trinajstić information content (AvgIpc) is 3.86. The van der Waals surface area contributed by atoms with Gasteiger partial charge >= 0.3 is 6.09 Å². The quantitative estimate of drug-likeness (QED) is 0.195. The number of hydrogen-bond donors (Lipinski definition) is 1. The number of aryl methyl sites for hydroxylation is 4. The third-order valence-electron chi connectivity index (χ3n) is 11.5. The van der Waals surface area contributed by atoms with Crippen molar-refractivity contribution >= 4 is 6.09 Å². The minimum atomic E-state index is -0.536. The van der Waals surface area contributed by atoms with Gasteiger partial charge in [-0.1, -0.05) is 60.7 Å². The maximum atomic E-state index is 13.5. The molecule has 4 aliphatic rings. The zero-order valence-electron chi connectivity index (χ0n) is 32.6. The molecule has 0 bridgehead atoms. The first-order chi connectivity index (χ1) is 26.6. The Balaban J connectivity index is 0.000000174. The number of ether oxygens (including phenoxy) is 3. The lowest BCUT2D eigenvalue weighted by molar-refractivity contribution is -0.0359. The van der Waals surface area contributed by atoms with Crippen LogP contribution in [0.5, 0.6) is 0 Å². The summed E-state index contributed by atoms with van der Waals surface area (Å²) in [6.45, 7) is 9.66. The number of nitrogens with one attached hydrogen (secondary N) is 1. The van der Waals surface area contributed by atoms with E-state index in [4.69, 9.17) is 14.2 Å². The van der Waals surface area contributed by atoms with Crippen LogP contribution in [-0.4, -0.2) is 55.0 Å². The van der Waals surface area contributed by atoms with Crippen LogP contribution < -0.4 is 5.32 Å². The Morgan fingerprint density at radius 1 is 0.691 bits per heavy atom. The Hall–Kier alpha value is -4.11. The van der Waals surface area contributed by atoms with Crippen LogP contribution in [0, 0.1) is 11.6 Å². The van der Waals surface area contributed by atoms with Gasteiger partial charge in [0.1, 0.15) is 17.2 Å². The maximum absolute atomic E-state index is 13.5. The summed E-state index contributed by atoms with van der Waals surface area (Å²) < 4.78 is 44.9. The van der Waals surface area contributed by atoms with Crippen molar-refractivity contribution in [2.45, 2.75) is 115 Å². The normalized spacial score (nSPS) is 22.0. The highest BCUT2D eigenvalue weighted by molar-refractivity contribution is 5.68. The summed E-state index contributed by atoms with van der Waals surface area (Å²) >= 11 is 0. The van der Waals surface area contributed by atoms with Crippen molar-refractivity contribution in [2.75, 3.05) is 26.2 Å². The van der Waals surface area contributed by atoms with Crippen LogP contribution in [0.3, 0.4) is 0 Å². The highest BCUT2D eigenvalue weighted by Crippen LogP contribution is 2.33. The third-order valence-corrected chi connectivity index (χ3v) is 11.5. The molecule has 8 heteroatoms. The van der Waals surface area contributed by atoms with Gasteiger partial charge in [-0.15, -0.1) is 0 Å². The molecule has 6 nitrogen and oxygen atoms in total. The zero-order valence-corrected chi connectivity index (χ0v) is 32.6. The van der Waals surface area contributed by atoms with Gasteiger partial charge in [0, 0.05) is 24.9 Å². The molecule has 0 spiro atoms. The number of benzene rings is 4. The second kappa shape index (κ2) is 17.8. The summed E-state index contributed by atoms with van der Waals surface area (Å²) in [5, 5.41) is 3.42. The van der Waals surface area contributed by atoms with Crippen LogP contribution in [0.25, 0.3) is 0 Å². The van der Waals surface area contributed by atoms with Gasteiger partial charge in [0.25, 0.3) is 0 Å². The van der Waals surface area contributed by atoms with E-state index < -0.39 is 5.60 Å². The maximum Gasteiger partial charge on any atom is 0.410 e.